The lowest BCUT2D eigenvalue weighted by Gasteiger charge is -2.28. The van der Waals surface area contributed by atoms with Gasteiger partial charge in [0.15, 0.2) is 0 Å². The van der Waals surface area contributed by atoms with Crippen molar-refractivity contribution in [2.45, 2.75) is 39.3 Å². The molecule has 0 aliphatic rings. The van der Waals surface area contributed by atoms with Crippen molar-refractivity contribution in [2.24, 2.45) is 5.73 Å². The van der Waals surface area contributed by atoms with Crippen LogP contribution in [0.4, 0.5) is 0 Å². The largest absolute Gasteiger partial charge is 0.330 e. The van der Waals surface area contributed by atoms with Gasteiger partial charge in [-0.3, -0.25) is 14.9 Å². The van der Waals surface area contributed by atoms with Crippen LogP contribution in [0.15, 0.2) is 42.7 Å². The average molecular weight is 298 g/mol. The maximum Gasteiger partial charge on any atom is 0.0572 e. The van der Waals surface area contributed by atoms with Crippen LogP contribution in [0.5, 0.6) is 0 Å². The second-order valence-electron chi connectivity index (χ2n) is 5.72. The zero-order chi connectivity index (χ0) is 15.8. The van der Waals surface area contributed by atoms with Crippen LogP contribution in [0, 0.1) is 6.92 Å². The van der Waals surface area contributed by atoms with Gasteiger partial charge in [-0.25, -0.2) is 0 Å². The number of rotatable bonds is 8. The molecule has 22 heavy (non-hydrogen) atoms. The standard InChI is InChI=1S/C18H26N4/c1-15-8-9-17(21-13-15)14-22(12-6-4-10-19)16(2)18-7-3-5-11-20-18/h3,5,7-9,11,13,16H,4,6,10,12,14,19H2,1-2H3. The molecule has 0 radical (unpaired) electrons. The van der Waals surface area contributed by atoms with Crippen molar-refractivity contribution in [3.63, 3.8) is 0 Å². The van der Waals surface area contributed by atoms with Crippen molar-refractivity contribution in [2.75, 3.05) is 13.1 Å². The van der Waals surface area contributed by atoms with E-state index < -0.39 is 0 Å². The van der Waals surface area contributed by atoms with Crippen LogP contribution in [0.25, 0.3) is 0 Å². The summed E-state index contributed by atoms with van der Waals surface area (Å²) in [5, 5.41) is 0. The monoisotopic (exact) mass is 298 g/mol. The second kappa shape index (κ2) is 8.61. The van der Waals surface area contributed by atoms with Gasteiger partial charge in [0.25, 0.3) is 0 Å². The summed E-state index contributed by atoms with van der Waals surface area (Å²) in [5.41, 5.74) is 9.02. The van der Waals surface area contributed by atoms with Crippen LogP contribution in [-0.4, -0.2) is 28.0 Å². The van der Waals surface area contributed by atoms with Crippen LogP contribution in [0.2, 0.25) is 0 Å². The van der Waals surface area contributed by atoms with E-state index >= 15 is 0 Å². The highest BCUT2D eigenvalue weighted by Crippen LogP contribution is 2.20. The molecule has 0 saturated heterocycles. The molecule has 118 valence electrons. The number of nitrogens with zero attached hydrogens (tertiary/aromatic N) is 3. The van der Waals surface area contributed by atoms with E-state index in [2.05, 4.69) is 46.9 Å². The predicted octanol–water partition coefficient (Wildman–Crippen LogP) is 3.09. The van der Waals surface area contributed by atoms with E-state index in [4.69, 9.17) is 5.73 Å². The second-order valence-corrected chi connectivity index (χ2v) is 5.72. The molecule has 2 aromatic heterocycles. The molecule has 1 atom stereocenters. The number of aromatic nitrogens is 2. The van der Waals surface area contributed by atoms with Crippen molar-refractivity contribution in [3.05, 3.63) is 59.7 Å². The van der Waals surface area contributed by atoms with Crippen molar-refractivity contribution >= 4 is 0 Å². The molecule has 0 aliphatic carbocycles. The third-order valence-corrected chi connectivity index (χ3v) is 3.90. The minimum absolute atomic E-state index is 0.266. The molecular formula is C18H26N4. The van der Waals surface area contributed by atoms with Gasteiger partial charge in [0.05, 0.1) is 11.4 Å². The first-order valence-corrected chi connectivity index (χ1v) is 7.97. The van der Waals surface area contributed by atoms with Gasteiger partial charge >= 0.3 is 0 Å². The minimum atomic E-state index is 0.266. The Labute approximate surface area is 133 Å². The molecule has 0 saturated carbocycles. The Morgan fingerprint density at radius 3 is 2.64 bits per heavy atom. The zero-order valence-electron chi connectivity index (χ0n) is 13.6. The van der Waals surface area contributed by atoms with Crippen LogP contribution in [0.1, 0.15) is 42.8 Å². The number of hydrogen-bond acceptors (Lipinski definition) is 4. The summed E-state index contributed by atoms with van der Waals surface area (Å²) in [5.74, 6) is 0. The van der Waals surface area contributed by atoms with E-state index in [1.165, 1.54) is 5.56 Å². The lowest BCUT2D eigenvalue weighted by atomic mass is 10.1. The summed E-state index contributed by atoms with van der Waals surface area (Å²) in [4.78, 5) is 11.5. The van der Waals surface area contributed by atoms with Gasteiger partial charge in [-0.2, -0.15) is 0 Å². The van der Waals surface area contributed by atoms with Crippen molar-refractivity contribution in [3.8, 4) is 0 Å². The van der Waals surface area contributed by atoms with Crippen LogP contribution >= 0.6 is 0 Å². The van der Waals surface area contributed by atoms with E-state index in [-0.39, 0.29) is 6.04 Å². The normalized spacial score (nSPS) is 12.5. The smallest absolute Gasteiger partial charge is 0.0572 e. The molecule has 0 bridgehead atoms. The van der Waals surface area contributed by atoms with Gasteiger partial charge < -0.3 is 5.73 Å². The Morgan fingerprint density at radius 1 is 1.14 bits per heavy atom. The minimum Gasteiger partial charge on any atom is -0.330 e. The summed E-state index contributed by atoms with van der Waals surface area (Å²) in [6.45, 7) is 6.85. The zero-order valence-corrected chi connectivity index (χ0v) is 13.6. The molecule has 2 heterocycles. The summed E-state index contributed by atoms with van der Waals surface area (Å²) in [6, 6.07) is 10.6. The fraction of sp³-hybridized carbons (Fsp3) is 0.444. The van der Waals surface area contributed by atoms with Crippen LogP contribution in [0.3, 0.4) is 0 Å². The topological polar surface area (TPSA) is 55.0 Å². The number of hydrogen-bond donors (Lipinski definition) is 1. The lowest BCUT2D eigenvalue weighted by Crippen LogP contribution is -2.29. The summed E-state index contributed by atoms with van der Waals surface area (Å²) in [6.07, 6.45) is 5.93. The molecule has 4 nitrogen and oxygen atoms in total. The first-order chi connectivity index (χ1) is 10.7. The highest BCUT2D eigenvalue weighted by molar-refractivity contribution is 5.13. The summed E-state index contributed by atoms with van der Waals surface area (Å²) < 4.78 is 0. The Hall–Kier alpha value is -1.78. The third kappa shape index (κ3) is 4.90. The average Bonchev–Trinajstić information content (AvgIpc) is 2.56. The highest BCUT2D eigenvalue weighted by atomic mass is 15.2. The first kappa shape index (κ1) is 16.6. The van der Waals surface area contributed by atoms with Gasteiger partial charge in [-0.15, -0.1) is 0 Å². The van der Waals surface area contributed by atoms with Gasteiger partial charge in [-0.05, 0) is 63.5 Å². The molecule has 2 rings (SSSR count). The molecule has 0 fully saturated rings. The predicted molar refractivity (Wildman–Crippen MR) is 90.3 cm³/mol. The van der Waals surface area contributed by atoms with Crippen LogP contribution in [-0.2, 0) is 6.54 Å². The number of unbranched alkanes of at least 4 members (excludes halogenated alkanes) is 1. The number of pyridine rings is 2. The van der Waals surface area contributed by atoms with E-state index in [9.17, 15) is 0 Å². The molecule has 4 heteroatoms. The Bertz CT molecular complexity index is 539. The Kier molecular flexibility index (Phi) is 6.49. The van der Waals surface area contributed by atoms with Gasteiger partial charge in [0, 0.05) is 25.0 Å². The molecule has 0 aromatic carbocycles. The Morgan fingerprint density at radius 2 is 2.00 bits per heavy atom. The van der Waals surface area contributed by atoms with Crippen molar-refractivity contribution < 1.29 is 0 Å². The maximum absolute atomic E-state index is 5.63. The van der Waals surface area contributed by atoms with Gasteiger partial charge in [0.1, 0.15) is 0 Å². The molecule has 0 amide bonds. The van der Waals surface area contributed by atoms with Crippen molar-refractivity contribution in [1.29, 1.82) is 0 Å². The summed E-state index contributed by atoms with van der Waals surface area (Å²) >= 11 is 0. The molecule has 1 unspecified atom stereocenters. The van der Waals surface area contributed by atoms with E-state index in [0.717, 1.165) is 43.9 Å². The van der Waals surface area contributed by atoms with E-state index in [1.54, 1.807) is 0 Å². The number of aryl methyl sites for hydroxylation is 1. The quantitative estimate of drug-likeness (QED) is 0.761. The molecular weight excluding hydrogens is 272 g/mol. The lowest BCUT2D eigenvalue weighted by molar-refractivity contribution is 0.192. The first-order valence-electron chi connectivity index (χ1n) is 7.97. The fourth-order valence-corrected chi connectivity index (χ4v) is 2.48. The Balaban J connectivity index is 2.09. The van der Waals surface area contributed by atoms with Crippen molar-refractivity contribution in [1.82, 2.24) is 14.9 Å². The van der Waals surface area contributed by atoms with Gasteiger partial charge in [0.2, 0.25) is 0 Å². The van der Waals surface area contributed by atoms with Gasteiger partial charge in [-0.1, -0.05) is 12.1 Å². The van der Waals surface area contributed by atoms with Crippen LogP contribution < -0.4 is 5.73 Å². The number of nitrogens with two attached hydrogens (primary N) is 1. The summed E-state index contributed by atoms with van der Waals surface area (Å²) in [7, 11) is 0. The molecule has 2 N–H and O–H groups in total. The molecule has 2 aromatic rings. The molecule has 0 aliphatic heterocycles. The third-order valence-electron chi connectivity index (χ3n) is 3.90. The maximum atomic E-state index is 5.63. The molecule has 0 spiro atoms. The van der Waals surface area contributed by atoms with E-state index in [0.29, 0.717) is 0 Å². The highest BCUT2D eigenvalue weighted by Gasteiger charge is 2.17. The SMILES string of the molecule is Cc1ccc(CN(CCCCN)C(C)c2ccccn2)nc1. The van der Waals surface area contributed by atoms with E-state index in [1.807, 2.05) is 24.5 Å². The fourth-order valence-electron chi connectivity index (χ4n) is 2.48.